The van der Waals surface area contributed by atoms with E-state index in [4.69, 9.17) is 15.0 Å². The molecule has 0 saturated heterocycles. The van der Waals surface area contributed by atoms with Gasteiger partial charge >= 0.3 is 0 Å². The van der Waals surface area contributed by atoms with E-state index in [-0.39, 0.29) is 10.8 Å². The average molecular weight is 836 g/mol. The van der Waals surface area contributed by atoms with Gasteiger partial charge in [-0.2, -0.15) is 0 Å². The van der Waals surface area contributed by atoms with Gasteiger partial charge in [0.25, 0.3) is 0 Å². The Labute approximate surface area is 380 Å². The summed E-state index contributed by atoms with van der Waals surface area (Å²) in [5.41, 5.74) is 11.7. The van der Waals surface area contributed by atoms with Gasteiger partial charge in [0.05, 0.1) is 0 Å². The summed E-state index contributed by atoms with van der Waals surface area (Å²) >= 11 is 0. The molecule has 3 nitrogen and oxygen atoms in total. The number of nitrogens with zero attached hydrogens (tertiary/aromatic N) is 3. The average Bonchev–Trinajstić information content (AvgIpc) is 3.36. The van der Waals surface area contributed by atoms with Crippen LogP contribution in [0.15, 0.2) is 176 Å². The molecule has 4 bridgehead atoms. The fourth-order valence-corrected chi connectivity index (χ4v) is 14.2. The fraction of sp³-hybridized carbons (Fsp3) is 0.210. The standard InChI is InChI=1S/C62H49N3/c1-61(2)54-22-12-13-23-55(54)62(42-31-37-30-38(33-42)34-43(62)32-37)56-29-25-40(36-57(56)61)44-27-28-52(49-20-10-6-16-45(44)49)60-64-58(39-14-4-3-5-15-39)63-59(65-60)41-24-26-51-48-19-8-7-17-46(48)47-18-9-11-21-50(47)53(51)35-41/h3-29,35-38,42-43H,30-34H2,1-2H3. The number of fused-ring (bicyclic) bond motifs is 9. The molecule has 15 rings (SSSR count). The zero-order valence-electron chi connectivity index (χ0n) is 36.9. The van der Waals surface area contributed by atoms with E-state index in [0.29, 0.717) is 17.5 Å². The Hall–Kier alpha value is -6.97. The lowest BCUT2D eigenvalue weighted by atomic mass is 9.39. The Kier molecular flexibility index (Phi) is 7.92. The van der Waals surface area contributed by atoms with Crippen LogP contribution in [0.4, 0.5) is 0 Å². The first kappa shape index (κ1) is 37.4. The van der Waals surface area contributed by atoms with Crippen molar-refractivity contribution in [2.75, 3.05) is 0 Å². The molecule has 4 saturated carbocycles. The van der Waals surface area contributed by atoms with Crippen LogP contribution in [0.25, 0.3) is 88.4 Å². The maximum Gasteiger partial charge on any atom is 0.164 e. The van der Waals surface area contributed by atoms with Gasteiger partial charge in [-0.05, 0) is 150 Å². The van der Waals surface area contributed by atoms with Crippen LogP contribution in [0.1, 0.15) is 68.2 Å². The summed E-state index contributed by atoms with van der Waals surface area (Å²) in [5, 5.41) is 9.76. The predicted molar refractivity (Wildman–Crippen MR) is 268 cm³/mol. The molecule has 0 N–H and O–H groups in total. The Morgan fingerprint density at radius 2 is 0.815 bits per heavy atom. The van der Waals surface area contributed by atoms with Gasteiger partial charge in [0.15, 0.2) is 17.5 Å². The van der Waals surface area contributed by atoms with E-state index in [0.717, 1.165) is 45.7 Å². The fourth-order valence-electron chi connectivity index (χ4n) is 14.2. The second-order valence-electron chi connectivity index (χ2n) is 20.3. The molecular formula is C62H49N3. The van der Waals surface area contributed by atoms with Crippen molar-refractivity contribution in [3.05, 3.63) is 198 Å². The highest BCUT2D eigenvalue weighted by atomic mass is 15.0. The van der Waals surface area contributed by atoms with Crippen molar-refractivity contribution in [1.82, 2.24) is 15.0 Å². The smallest absolute Gasteiger partial charge is 0.164 e. The molecule has 1 heterocycles. The van der Waals surface area contributed by atoms with E-state index in [1.807, 2.05) is 6.07 Å². The van der Waals surface area contributed by atoms with Crippen molar-refractivity contribution in [1.29, 1.82) is 0 Å². The van der Waals surface area contributed by atoms with Crippen LogP contribution in [0.2, 0.25) is 0 Å². The highest BCUT2D eigenvalue weighted by molar-refractivity contribution is 6.25. The Balaban J connectivity index is 0.936. The number of hydrogen-bond acceptors (Lipinski definition) is 3. The van der Waals surface area contributed by atoms with Gasteiger partial charge in [0.2, 0.25) is 0 Å². The third-order valence-corrected chi connectivity index (χ3v) is 16.8. The van der Waals surface area contributed by atoms with Gasteiger partial charge < -0.3 is 0 Å². The molecule has 0 unspecified atom stereocenters. The molecule has 0 atom stereocenters. The molecule has 5 aliphatic carbocycles. The van der Waals surface area contributed by atoms with Gasteiger partial charge in [0.1, 0.15) is 0 Å². The van der Waals surface area contributed by atoms with E-state index < -0.39 is 0 Å². The lowest BCUT2D eigenvalue weighted by Crippen LogP contribution is -2.58. The van der Waals surface area contributed by atoms with Crippen molar-refractivity contribution in [2.45, 2.75) is 56.8 Å². The van der Waals surface area contributed by atoms with Crippen molar-refractivity contribution in [2.24, 2.45) is 23.7 Å². The third-order valence-electron chi connectivity index (χ3n) is 16.8. The summed E-state index contributed by atoms with van der Waals surface area (Å²) in [6, 6.07) is 65.1. The van der Waals surface area contributed by atoms with Crippen LogP contribution < -0.4 is 0 Å². The molecule has 312 valence electrons. The van der Waals surface area contributed by atoms with E-state index in [1.165, 1.54) is 92.1 Å². The SMILES string of the molecule is CC1(C)c2ccccc2C2(c3ccc(-c4ccc(-c5nc(-c6ccccc6)nc(-c6ccc7c8ccccc8c8ccccc8c7c6)n5)c5ccccc45)cc31)C1CC3CC(C1)CC2C3. The van der Waals surface area contributed by atoms with E-state index >= 15 is 0 Å². The first-order valence-corrected chi connectivity index (χ1v) is 23.9. The Morgan fingerprint density at radius 3 is 1.48 bits per heavy atom. The largest absolute Gasteiger partial charge is 0.208 e. The van der Waals surface area contributed by atoms with Gasteiger partial charge in [-0.3, -0.25) is 0 Å². The van der Waals surface area contributed by atoms with Crippen molar-refractivity contribution in [3.8, 4) is 45.3 Å². The van der Waals surface area contributed by atoms with E-state index in [1.54, 1.807) is 11.1 Å². The number of hydrogen-bond donors (Lipinski definition) is 0. The van der Waals surface area contributed by atoms with Gasteiger partial charge in [-0.25, -0.2) is 15.0 Å². The summed E-state index contributed by atoms with van der Waals surface area (Å²) in [4.78, 5) is 15.8. The molecule has 5 aliphatic rings. The van der Waals surface area contributed by atoms with Crippen molar-refractivity contribution < 1.29 is 0 Å². The molecule has 10 aromatic rings. The minimum absolute atomic E-state index is 0.109. The molecule has 9 aromatic carbocycles. The van der Waals surface area contributed by atoms with Crippen molar-refractivity contribution in [3.63, 3.8) is 0 Å². The maximum atomic E-state index is 5.36. The summed E-state index contributed by atoms with van der Waals surface area (Å²) in [6.45, 7) is 4.95. The number of rotatable bonds is 4. The molecule has 65 heavy (non-hydrogen) atoms. The first-order chi connectivity index (χ1) is 31.9. The van der Waals surface area contributed by atoms with Crippen LogP contribution in [-0.4, -0.2) is 15.0 Å². The highest BCUT2D eigenvalue weighted by Gasteiger charge is 2.62. The third kappa shape index (κ3) is 5.33. The summed E-state index contributed by atoms with van der Waals surface area (Å²) in [6.07, 6.45) is 7.00. The highest BCUT2D eigenvalue weighted by Crippen LogP contribution is 2.68. The zero-order valence-corrected chi connectivity index (χ0v) is 36.9. The first-order valence-electron chi connectivity index (χ1n) is 23.9. The van der Waals surface area contributed by atoms with Gasteiger partial charge in [-0.15, -0.1) is 0 Å². The van der Waals surface area contributed by atoms with Gasteiger partial charge in [0, 0.05) is 27.5 Å². The molecule has 0 amide bonds. The quantitative estimate of drug-likeness (QED) is 0.166. The lowest BCUT2D eigenvalue weighted by Gasteiger charge is -2.64. The second kappa shape index (κ2) is 13.8. The normalized spacial score (nSPS) is 22.5. The number of benzene rings is 9. The molecule has 3 heteroatoms. The van der Waals surface area contributed by atoms with Gasteiger partial charge in [-0.1, -0.05) is 172 Å². The minimum atomic E-state index is -0.116. The van der Waals surface area contributed by atoms with Crippen LogP contribution in [0.5, 0.6) is 0 Å². The molecule has 0 aliphatic heterocycles. The van der Waals surface area contributed by atoms with Crippen LogP contribution >= 0.6 is 0 Å². The minimum Gasteiger partial charge on any atom is -0.208 e. The maximum absolute atomic E-state index is 5.36. The summed E-state index contributed by atoms with van der Waals surface area (Å²) < 4.78 is 0. The molecular weight excluding hydrogens is 787 g/mol. The summed E-state index contributed by atoms with van der Waals surface area (Å²) in [5.74, 6) is 5.27. The molecule has 0 radical (unpaired) electrons. The predicted octanol–water partition coefficient (Wildman–Crippen LogP) is 15.5. The van der Waals surface area contributed by atoms with E-state index in [2.05, 4.69) is 184 Å². The molecule has 4 fully saturated rings. The van der Waals surface area contributed by atoms with Crippen LogP contribution in [0.3, 0.4) is 0 Å². The van der Waals surface area contributed by atoms with Crippen molar-refractivity contribution >= 4 is 43.1 Å². The second-order valence-corrected chi connectivity index (χ2v) is 20.3. The molecule has 1 spiro atoms. The monoisotopic (exact) mass is 835 g/mol. The lowest BCUT2D eigenvalue weighted by molar-refractivity contribution is -0.0443. The zero-order chi connectivity index (χ0) is 43.0. The Morgan fingerprint density at radius 1 is 0.338 bits per heavy atom. The van der Waals surface area contributed by atoms with E-state index in [9.17, 15) is 0 Å². The topological polar surface area (TPSA) is 38.7 Å². The Bertz CT molecular complexity index is 3540. The molecule has 1 aromatic heterocycles. The number of aromatic nitrogens is 3. The summed E-state index contributed by atoms with van der Waals surface area (Å²) in [7, 11) is 0. The van der Waals surface area contributed by atoms with Crippen LogP contribution in [0, 0.1) is 23.7 Å². The van der Waals surface area contributed by atoms with Crippen LogP contribution in [-0.2, 0) is 10.8 Å².